The maximum absolute atomic E-state index is 6.17. The van der Waals surface area contributed by atoms with Crippen LogP contribution in [-0.4, -0.2) is 9.78 Å². The van der Waals surface area contributed by atoms with Crippen LogP contribution in [0.15, 0.2) is 24.3 Å². The lowest BCUT2D eigenvalue weighted by Gasteiger charge is -2.15. The highest BCUT2D eigenvalue weighted by Crippen LogP contribution is 2.29. The van der Waals surface area contributed by atoms with Gasteiger partial charge >= 0.3 is 0 Å². The van der Waals surface area contributed by atoms with Crippen molar-refractivity contribution in [2.45, 2.75) is 40.0 Å². The maximum Gasteiger partial charge on any atom is 0.130 e. The van der Waals surface area contributed by atoms with Crippen molar-refractivity contribution in [3.63, 3.8) is 0 Å². The zero-order valence-electron chi connectivity index (χ0n) is 11.8. The van der Waals surface area contributed by atoms with Gasteiger partial charge in [-0.3, -0.25) is 0 Å². The molecule has 0 fully saturated rings. The van der Waals surface area contributed by atoms with Crippen LogP contribution in [0.25, 0.3) is 5.69 Å². The van der Waals surface area contributed by atoms with Crippen molar-refractivity contribution in [1.29, 1.82) is 0 Å². The summed E-state index contributed by atoms with van der Waals surface area (Å²) in [6, 6.07) is 8.24. The van der Waals surface area contributed by atoms with E-state index in [9.17, 15) is 0 Å². The smallest absolute Gasteiger partial charge is 0.130 e. The Hall–Kier alpha value is -1.77. The molecular weight excluding hydrogens is 222 g/mol. The second kappa shape index (κ2) is 4.16. The van der Waals surface area contributed by atoms with Gasteiger partial charge in [0.05, 0.1) is 11.4 Å². The van der Waals surface area contributed by atoms with Crippen LogP contribution in [0.5, 0.6) is 0 Å². The van der Waals surface area contributed by atoms with E-state index >= 15 is 0 Å². The van der Waals surface area contributed by atoms with Crippen LogP contribution < -0.4 is 5.73 Å². The molecule has 0 atom stereocenters. The third-order valence-corrected chi connectivity index (χ3v) is 3.16. The number of nitrogens with zero attached hydrogens (tertiary/aromatic N) is 2. The minimum Gasteiger partial charge on any atom is -0.383 e. The molecule has 1 aromatic heterocycles. The lowest BCUT2D eigenvalue weighted by Crippen LogP contribution is -2.14. The van der Waals surface area contributed by atoms with Gasteiger partial charge in [-0.05, 0) is 26.0 Å². The van der Waals surface area contributed by atoms with Gasteiger partial charge < -0.3 is 5.73 Å². The first-order valence-electron chi connectivity index (χ1n) is 6.23. The molecule has 0 aliphatic carbocycles. The van der Waals surface area contributed by atoms with Crippen LogP contribution in [0, 0.1) is 13.8 Å². The second-order valence-electron chi connectivity index (χ2n) is 5.86. The van der Waals surface area contributed by atoms with Gasteiger partial charge in [-0.1, -0.05) is 38.5 Å². The zero-order valence-corrected chi connectivity index (χ0v) is 11.8. The molecule has 0 saturated carbocycles. The van der Waals surface area contributed by atoms with Gasteiger partial charge in [-0.15, -0.1) is 0 Å². The topological polar surface area (TPSA) is 43.8 Å². The number of nitrogens with two attached hydrogens (primary N) is 1. The van der Waals surface area contributed by atoms with Crippen molar-refractivity contribution < 1.29 is 0 Å². The lowest BCUT2D eigenvalue weighted by molar-refractivity contribution is 0.557. The Labute approximate surface area is 109 Å². The average Bonchev–Trinajstić information content (AvgIpc) is 2.57. The Morgan fingerprint density at radius 1 is 1.06 bits per heavy atom. The van der Waals surface area contributed by atoms with Crippen molar-refractivity contribution in [1.82, 2.24) is 9.78 Å². The lowest BCUT2D eigenvalue weighted by atomic mass is 9.90. The molecule has 96 valence electrons. The van der Waals surface area contributed by atoms with E-state index in [2.05, 4.69) is 44.9 Å². The van der Waals surface area contributed by atoms with E-state index in [1.165, 1.54) is 5.56 Å². The van der Waals surface area contributed by atoms with E-state index in [4.69, 9.17) is 5.73 Å². The van der Waals surface area contributed by atoms with Gasteiger partial charge in [-0.25, -0.2) is 4.68 Å². The summed E-state index contributed by atoms with van der Waals surface area (Å²) in [5, 5.41) is 4.67. The van der Waals surface area contributed by atoms with Gasteiger partial charge in [0, 0.05) is 11.0 Å². The molecule has 0 aliphatic rings. The molecule has 3 heteroatoms. The van der Waals surface area contributed by atoms with Crippen molar-refractivity contribution >= 4 is 5.82 Å². The fourth-order valence-electron chi connectivity index (χ4n) is 2.10. The summed E-state index contributed by atoms with van der Waals surface area (Å²) in [6.07, 6.45) is 0. The largest absolute Gasteiger partial charge is 0.383 e. The molecule has 1 aromatic carbocycles. The van der Waals surface area contributed by atoms with Crippen LogP contribution in [0.2, 0.25) is 0 Å². The van der Waals surface area contributed by atoms with Crippen LogP contribution in [0.4, 0.5) is 5.82 Å². The molecule has 0 unspecified atom stereocenters. The molecule has 2 aromatic rings. The normalized spacial score (nSPS) is 11.8. The summed E-state index contributed by atoms with van der Waals surface area (Å²) >= 11 is 0. The molecule has 0 amide bonds. The Bertz CT molecular complexity index is 557. The van der Waals surface area contributed by atoms with Gasteiger partial charge in [0.1, 0.15) is 5.82 Å². The summed E-state index contributed by atoms with van der Waals surface area (Å²) in [5.74, 6) is 0.726. The summed E-state index contributed by atoms with van der Waals surface area (Å²) in [6.45, 7) is 10.6. The number of anilines is 1. The van der Waals surface area contributed by atoms with Crippen molar-refractivity contribution in [3.8, 4) is 5.69 Å². The predicted molar refractivity (Wildman–Crippen MR) is 76.2 cm³/mol. The number of aryl methyl sites for hydroxylation is 1. The van der Waals surface area contributed by atoms with E-state index in [1.54, 1.807) is 0 Å². The zero-order chi connectivity index (χ0) is 13.5. The number of hydrogen-bond acceptors (Lipinski definition) is 2. The van der Waals surface area contributed by atoms with Gasteiger partial charge in [0.2, 0.25) is 0 Å². The summed E-state index contributed by atoms with van der Waals surface area (Å²) in [5.41, 5.74) is 10.6. The highest BCUT2D eigenvalue weighted by atomic mass is 15.3. The monoisotopic (exact) mass is 243 g/mol. The highest BCUT2D eigenvalue weighted by Gasteiger charge is 2.23. The molecule has 18 heavy (non-hydrogen) atoms. The summed E-state index contributed by atoms with van der Waals surface area (Å²) in [4.78, 5) is 0. The van der Waals surface area contributed by atoms with Gasteiger partial charge in [0.25, 0.3) is 0 Å². The Morgan fingerprint density at radius 2 is 1.61 bits per heavy atom. The van der Waals surface area contributed by atoms with E-state index in [0.29, 0.717) is 0 Å². The number of hydrogen-bond donors (Lipinski definition) is 1. The number of aromatic nitrogens is 2. The molecule has 0 spiro atoms. The fourth-order valence-corrected chi connectivity index (χ4v) is 2.10. The van der Waals surface area contributed by atoms with E-state index in [0.717, 1.165) is 22.8 Å². The molecule has 0 bridgehead atoms. The molecule has 0 saturated heterocycles. The predicted octanol–water partition coefficient (Wildman–Crippen LogP) is 3.37. The fraction of sp³-hybridized carbons (Fsp3) is 0.400. The quantitative estimate of drug-likeness (QED) is 0.834. The van der Waals surface area contributed by atoms with Crippen molar-refractivity contribution in [2.24, 2.45) is 0 Å². The number of benzene rings is 1. The Kier molecular flexibility index (Phi) is 2.93. The maximum atomic E-state index is 6.17. The SMILES string of the molecule is Cc1ccc(-n2nc(C(C)(C)C)c(C)c2N)cc1. The first kappa shape index (κ1) is 12.7. The third-order valence-electron chi connectivity index (χ3n) is 3.16. The molecule has 3 nitrogen and oxygen atoms in total. The minimum absolute atomic E-state index is 0.00809. The highest BCUT2D eigenvalue weighted by molar-refractivity contribution is 5.51. The van der Waals surface area contributed by atoms with Crippen LogP contribution >= 0.6 is 0 Å². The van der Waals surface area contributed by atoms with Crippen LogP contribution in [0.1, 0.15) is 37.6 Å². The molecule has 2 rings (SSSR count). The van der Waals surface area contributed by atoms with E-state index in [-0.39, 0.29) is 5.41 Å². The van der Waals surface area contributed by atoms with Crippen LogP contribution in [-0.2, 0) is 5.41 Å². The minimum atomic E-state index is 0.00809. The van der Waals surface area contributed by atoms with Gasteiger partial charge in [-0.2, -0.15) is 5.10 Å². The second-order valence-corrected chi connectivity index (χ2v) is 5.86. The first-order valence-corrected chi connectivity index (χ1v) is 6.23. The first-order chi connectivity index (χ1) is 8.30. The molecule has 0 radical (unpaired) electrons. The standard InChI is InChI=1S/C15H21N3/c1-10-6-8-12(9-7-10)18-14(16)11(2)13(17-18)15(3,4)5/h6-9H,16H2,1-5H3. The van der Waals surface area contributed by atoms with Crippen molar-refractivity contribution in [3.05, 3.63) is 41.1 Å². The van der Waals surface area contributed by atoms with Gasteiger partial charge in [0.15, 0.2) is 0 Å². The van der Waals surface area contributed by atoms with E-state index < -0.39 is 0 Å². The third kappa shape index (κ3) is 2.13. The number of nitrogen functional groups attached to an aromatic ring is 1. The molecular formula is C15H21N3. The van der Waals surface area contributed by atoms with Crippen molar-refractivity contribution in [2.75, 3.05) is 5.73 Å². The summed E-state index contributed by atoms with van der Waals surface area (Å²) in [7, 11) is 0. The molecule has 1 heterocycles. The number of rotatable bonds is 1. The Morgan fingerprint density at radius 3 is 2.06 bits per heavy atom. The molecule has 0 aliphatic heterocycles. The average molecular weight is 243 g/mol. The van der Waals surface area contributed by atoms with E-state index in [1.807, 2.05) is 23.7 Å². The molecule has 2 N–H and O–H groups in total. The Balaban J connectivity index is 2.56. The van der Waals surface area contributed by atoms with Crippen LogP contribution in [0.3, 0.4) is 0 Å². The summed E-state index contributed by atoms with van der Waals surface area (Å²) < 4.78 is 1.83.